The smallest absolute Gasteiger partial charge is 0.187 e. The Labute approximate surface area is 104 Å². The summed E-state index contributed by atoms with van der Waals surface area (Å²) < 4.78 is 0.494. The largest absolute Gasteiger partial charge is 1.00 e. The molecule has 0 spiro atoms. The minimum absolute atomic E-state index is 0. The van der Waals surface area contributed by atoms with Crippen LogP contribution in [0, 0.1) is 0 Å². The van der Waals surface area contributed by atoms with Crippen LogP contribution in [0.5, 0.6) is 0 Å². The summed E-state index contributed by atoms with van der Waals surface area (Å²) in [6.07, 6.45) is 1.47. The summed E-state index contributed by atoms with van der Waals surface area (Å²) in [5.74, 6) is 0. The molecule has 0 bridgehead atoms. The number of aliphatic hydroxyl groups excluding tert-OH is 1. The molecule has 0 amide bonds. The van der Waals surface area contributed by atoms with Crippen molar-refractivity contribution in [2.45, 2.75) is 19.2 Å². The lowest BCUT2D eigenvalue weighted by atomic mass is 10.0. The molecule has 0 aliphatic heterocycles. The Kier molecular flexibility index (Phi) is 5.73. The van der Waals surface area contributed by atoms with E-state index < -0.39 is 6.23 Å². The summed E-state index contributed by atoms with van der Waals surface area (Å²) in [5, 5.41) is 9.77. The molecular weight excluding hydrogens is 222 g/mol. The maximum absolute atomic E-state index is 9.77. The van der Waals surface area contributed by atoms with Crippen LogP contribution in [0.4, 0.5) is 0 Å². The summed E-state index contributed by atoms with van der Waals surface area (Å²) in [6.45, 7) is 5.66. The molecule has 0 aliphatic carbocycles. The van der Waals surface area contributed by atoms with Crippen molar-refractivity contribution in [3.8, 4) is 0 Å². The molecule has 3 heteroatoms. The van der Waals surface area contributed by atoms with Gasteiger partial charge < -0.3 is 17.5 Å². The molecular formula is C13H20ClNO. The Hall–Kier alpha value is -0.830. The Bertz CT molecular complexity index is 322. The molecule has 90 valence electrons. The molecule has 2 nitrogen and oxygen atoms in total. The van der Waals surface area contributed by atoms with Gasteiger partial charge in [-0.3, -0.25) is 4.48 Å². The zero-order valence-electron chi connectivity index (χ0n) is 10.1. The van der Waals surface area contributed by atoms with Crippen LogP contribution in [0.2, 0.25) is 0 Å². The molecule has 0 fully saturated rings. The van der Waals surface area contributed by atoms with E-state index in [1.165, 1.54) is 5.56 Å². The van der Waals surface area contributed by atoms with Gasteiger partial charge in [0.05, 0.1) is 14.1 Å². The molecule has 1 aromatic carbocycles. The third kappa shape index (κ3) is 3.08. The van der Waals surface area contributed by atoms with Gasteiger partial charge in [-0.2, -0.15) is 0 Å². The van der Waals surface area contributed by atoms with Gasteiger partial charge in [-0.1, -0.05) is 36.9 Å². The summed E-state index contributed by atoms with van der Waals surface area (Å²) in [6, 6.07) is 10.3. The molecule has 1 aromatic rings. The molecule has 2 unspecified atom stereocenters. The van der Waals surface area contributed by atoms with E-state index in [-0.39, 0.29) is 18.4 Å². The number of hydrogen-bond acceptors (Lipinski definition) is 1. The van der Waals surface area contributed by atoms with Crippen LogP contribution in [0.15, 0.2) is 43.0 Å². The van der Waals surface area contributed by atoms with Gasteiger partial charge in [-0.25, -0.2) is 0 Å². The van der Waals surface area contributed by atoms with Gasteiger partial charge in [0, 0.05) is 12.5 Å². The summed E-state index contributed by atoms with van der Waals surface area (Å²) >= 11 is 0. The maximum atomic E-state index is 9.77. The number of quaternary nitrogens is 1. The molecule has 1 N–H and O–H groups in total. The Balaban J connectivity index is 0.00000225. The predicted octanol–water partition coefficient (Wildman–Crippen LogP) is -0.668. The highest BCUT2D eigenvalue weighted by Crippen LogP contribution is 2.27. The van der Waals surface area contributed by atoms with E-state index in [0.29, 0.717) is 4.48 Å². The average Bonchev–Trinajstić information content (AvgIpc) is 2.19. The average molecular weight is 242 g/mol. The van der Waals surface area contributed by atoms with E-state index >= 15 is 0 Å². The van der Waals surface area contributed by atoms with Gasteiger partial charge in [0.25, 0.3) is 0 Å². The van der Waals surface area contributed by atoms with Gasteiger partial charge >= 0.3 is 0 Å². The van der Waals surface area contributed by atoms with Gasteiger partial charge in [0.1, 0.15) is 6.04 Å². The van der Waals surface area contributed by atoms with Gasteiger partial charge in [0.2, 0.25) is 0 Å². The van der Waals surface area contributed by atoms with Crippen molar-refractivity contribution in [1.82, 2.24) is 0 Å². The fourth-order valence-corrected chi connectivity index (χ4v) is 1.67. The molecule has 0 radical (unpaired) electrons. The first kappa shape index (κ1) is 15.2. The highest BCUT2D eigenvalue weighted by molar-refractivity contribution is 5.20. The second-order valence-corrected chi connectivity index (χ2v) is 4.35. The van der Waals surface area contributed by atoms with Crippen LogP contribution in [0.1, 0.15) is 18.5 Å². The van der Waals surface area contributed by atoms with E-state index in [9.17, 15) is 5.11 Å². The third-order valence-corrected chi connectivity index (χ3v) is 3.04. The van der Waals surface area contributed by atoms with Crippen molar-refractivity contribution in [3.05, 3.63) is 48.6 Å². The standard InChI is InChI=1S/C13H20NO.ClH/c1-5-13(14(3,4)11(2)15)12-9-7-6-8-10-12;/h5-11,13,15H,1H2,2-4H3;1H/q+1;/p-1. The van der Waals surface area contributed by atoms with Crippen LogP contribution in [-0.2, 0) is 0 Å². The van der Waals surface area contributed by atoms with Crippen molar-refractivity contribution < 1.29 is 22.0 Å². The maximum Gasteiger partial charge on any atom is 0.187 e. The van der Waals surface area contributed by atoms with E-state index in [1.807, 2.05) is 38.4 Å². The van der Waals surface area contributed by atoms with Crippen LogP contribution in [-0.4, -0.2) is 29.9 Å². The molecule has 0 saturated heterocycles. The van der Waals surface area contributed by atoms with Crippen LogP contribution in [0.25, 0.3) is 0 Å². The topological polar surface area (TPSA) is 20.2 Å². The monoisotopic (exact) mass is 241 g/mol. The van der Waals surface area contributed by atoms with Gasteiger partial charge in [-0.15, -0.1) is 0 Å². The normalized spacial score (nSPS) is 14.8. The fourth-order valence-electron chi connectivity index (χ4n) is 1.67. The number of rotatable bonds is 4. The first-order valence-electron chi connectivity index (χ1n) is 5.19. The molecule has 0 saturated carbocycles. The Morgan fingerprint density at radius 2 is 1.75 bits per heavy atom. The predicted molar refractivity (Wildman–Crippen MR) is 63.2 cm³/mol. The van der Waals surface area contributed by atoms with Crippen molar-refractivity contribution in [1.29, 1.82) is 0 Å². The molecule has 0 aromatic heterocycles. The number of halogens is 1. The second-order valence-electron chi connectivity index (χ2n) is 4.35. The molecule has 2 atom stereocenters. The third-order valence-electron chi connectivity index (χ3n) is 3.04. The lowest BCUT2D eigenvalue weighted by Crippen LogP contribution is -3.00. The summed E-state index contributed by atoms with van der Waals surface area (Å²) in [7, 11) is 4.01. The van der Waals surface area contributed by atoms with Crippen molar-refractivity contribution in [2.24, 2.45) is 0 Å². The van der Waals surface area contributed by atoms with Crippen molar-refractivity contribution in [3.63, 3.8) is 0 Å². The quantitative estimate of drug-likeness (QED) is 0.421. The first-order valence-corrected chi connectivity index (χ1v) is 5.19. The van der Waals surface area contributed by atoms with Gasteiger partial charge in [-0.05, 0) is 6.08 Å². The van der Waals surface area contributed by atoms with E-state index in [2.05, 4.69) is 18.7 Å². The number of hydrogen-bond donors (Lipinski definition) is 1. The van der Waals surface area contributed by atoms with E-state index in [1.54, 1.807) is 6.92 Å². The minimum atomic E-state index is -0.423. The minimum Gasteiger partial charge on any atom is -1.00 e. The lowest BCUT2D eigenvalue weighted by Gasteiger charge is -2.39. The first-order chi connectivity index (χ1) is 7.00. The van der Waals surface area contributed by atoms with Crippen molar-refractivity contribution >= 4 is 0 Å². The van der Waals surface area contributed by atoms with Crippen molar-refractivity contribution in [2.75, 3.05) is 14.1 Å². The number of nitrogens with zero attached hydrogens (tertiary/aromatic N) is 1. The summed E-state index contributed by atoms with van der Waals surface area (Å²) in [5.41, 5.74) is 1.18. The Morgan fingerprint density at radius 1 is 1.25 bits per heavy atom. The Morgan fingerprint density at radius 3 is 2.12 bits per heavy atom. The highest BCUT2D eigenvalue weighted by atomic mass is 35.5. The lowest BCUT2D eigenvalue weighted by molar-refractivity contribution is -0.956. The van der Waals surface area contributed by atoms with Crippen LogP contribution >= 0.6 is 0 Å². The second kappa shape index (κ2) is 6.04. The zero-order valence-corrected chi connectivity index (χ0v) is 10.9. The zero-order chi connectivity index (χ0) is 11.5. The molecule has 0 heterocycles. The van der Waals surface area contributed by atoms with E-state index in [4.69, 9.17) is 0 Å². The SMILES string of the molecule is C=CC(c1ccccc1)[N+](C)(C)C(C)O.[Cl-]. The van der Waals surface area contributed by atoms with Crippen LogP contribution < -0.4 is 12.4 Å². The molecule has 0 aliphatic rings. The van der Waals surface area contributed by atoms with E-state index in [0.717, 1.165) is 0 Å². The fraction of sp³-hybridized carbons (Fsp3) is 0.385. The molecule has 1 rings (SSSR count). The number of aliphatic hydroxyl groups is 1. The van der Waals surface area contributed by atoms with Crippen LogP contribution in [0.3, 0.4) is 0 Å². The highest BCUT2D eigenvalue weighted by Gasteiger charge is 2.31. The number of benzene rings is 1. The van der Waals surface area contributed by atoms with Gasteiger partial charge in [0.15, 0.2) is 6.23 Å². The number of likely N-dealkylation sites (N-methyl/N-ethyl adjacent to an activating group) is 1. The summed E-state index contributed by atoms with van der Waals surface area (Å²) in [4.78, 5) is 0. The molecule has 16 heavy (non-hydrogen) atoms.